The zero-order chi connectivity index (χ0) is 8.10. The number of nitrogens with two attached hydrogens (primary N) is 1. The van der Waals surface area contributed by atoms with E-state index in [4.69, 9.17) is 5.73 Å². The van der Waals surface area contributed by atoms with E-state index in [-0.39, 0.29) is 5.91 Å². The molecule has 0 radical (unpaired) electrons. The summed E-state index contributed by atoms with van der Waals surface area (Å²) in [5.41, 5.74) is 6.22. The molecule has 1 amide bonds. The topological polar surface area (TPSA) is 57.2 Å². The van der Waals surface area contributed by atoms with E-state index in [1.165, 1.54) is 5.57 Å². The van der Waals surface area contributed by atoms with Crippen molar-refractivity contribution in [3.8, 4) is 0 Å². The third-order valence-electron chi connectivity index (χ3n) is 1.55. The molecule has 2 N–H and O–H groups in total. The lowest BCUT2D eigenvalue weighted by atomic mass is 10.1. The predicted octanol–water partition coefficient (Wildman–Crippen LogP) is -0.209. The van der Waals surface area contributed by atoms with Gasteiger partial charge in [0.2, 0.25) is 5.91 Å². The van der Waals surface area contributed by atoms with Gasteiger partial charge in [-0.25, -0.2) is 0 Å². The molecule has 0 fully saturated rings. The zero-order valence-electron chi connectivity index (χ0n) is 6.29. The lowest BCUT2D eigenvalue weighted by Crippen LogP contribution is -2.10. The first-order chi connectivity index (χ1) is 5.29. The van der Waals surface area contributed by atoms with E-state index in [0.29, 0.717) is 6.42 Å². The molecule has 58 valence electrons. The van der Waals surface area contributed by atoms with Crippen molar-refractivity contribution in [1.29, 1.82) is 0 Å². The molecule has 0 saturated heterocycles. The van der Waals surface area contributed by atoms with E-state index < -0.39 is 0 Å². The highest BCUT2D eigenvalue weighted by molar-refractivity contribution is 5.81. The van der Waals surface area contributed by atoms with Crippen molar-refractivity contribution in [2.75, 3.05) is 0 Å². The Labute approximate surface area is 65.3 Å². The van der Waals surface area contributed by atoms with Gasteiger partial charge in [-0.05, 0) is 6.42 Å². The molecular formula is C8H11N2O+. The zero-order valence-corrected chi connectivity index (χ0v) is 6.29. The van der Waals surface area contributed by atoms with Gasteiger partial charge in [-0.3, -0.25) is 4.79 Å². The Hall–Kier alpha value is -1.34. The fraction of sp³-hybridized carbons (Fsp3) is 0.375. The summed E-state index contributed by atoms with van der Waals surface area (Å²) in [7, 11) is 0. The van der Waals surface area contributed by atoms with Crippen LogP contribution in [0.3, 0.4) is 0 Å². The van der Waals surface area contributed by atoms with Gasteiger partial charge in [-0.15, -0.1) is 4.67 Å². The van der Waals surface area contributed by atoms with Gasteiger partial charge in [0.25, 0.3) is 12.4 Å². The summed E-state index contributed by atoms with van der Waals surface area (Å²) in [6.07, 6.45) is 7.55. The Kier molecular flexibility index (Phi) is 2.64. The molecule has 0 bridgehead atoms. The third kappa shape index (κ3) is 2.83. The van der Waals surface area contributed by atoms with Crippen molar-refractivity contribution in [2.45, 2.75) is 19.3 Å². The maximum Gasteiger partial charge on any atom is 0.291 e. The number of primary amides is 1. The van der Waals surface area contributed by atoms with Crippen LogP contribution >= 0.6 is 0 Å². The van der Waals surface area contributed by atoms with Gasteiger partial charge in [-0.1, -0.05) is 5.57 Å². The quantitative estimate of drug-likeness (QED) is 0.557. The maximum absolute atomic E-state index is 10.4. The first-order valence-electron chi connectivity index (χ1n) is 3.60. The molecule has 3 nitrogen and oxygen atoms in total. The van der Waals surface area contributed by atoms with Crippen molar-refractivity contribution >= 4 is 18.3 Å². The number of amides is 1. The highest BCUT2D eigenvalue weighted by Gasteiger charge is 2.04. The lowest BCUT2D eigenvalue weighted by molar-refractivity contribution is -0.117. The monoisotopic (exact) mass is 151 g/mol. The summed E-state index contributed by atoms with van der Waals surface area (Å²) in [6, 6.07) is 0. The van der Waals surface area contributed by atoms with E-state index >= 15 is 0 Å². The molecule has 3 heteroatoms. The smallest absolute Gasteiger partial charge is 0.291 e. The fourth-order valence-electron chi connectivity index (χ4n) is 0.916. The van der Waals surface area contributed by atoms with Gasteiger partial charge in [-0.2, -0.15) is 0 Å². The Morgan fingerprint density at radius 1 is 1.73 bits per heavy atom. The molecule has 1 aliphatic heterocycles. The molecule has 0 atom stereocenters. The second-order valence-electron chi connectivity index (χ2n) is 2.48. The van der Waals surface area contributed by atoms with Crippen LogP contribution in [0.5, 0.6) is 0 Å². The maximum atomic E-state index is 10.4. The molecule has 0 spiro atoms. The van der Waals surface area contributed by atoms with Gasteiger partial charge in [0.15, 0.2) is 0 Å². The van der Waals surface area contributed by atoms with Crippen LogP contribution in [-0.2, 0) is 4.79 Å². The van der Waals surface area contributed by atoms with E-state index in [2.05, 4.69) is 4.67 Å². The van der Waals surface area contributed by atoms with Gasteiger partial charge in [0, 0.05) is 12.5 Å². The van der Waals surface area contributed by atoms with E-state index in [1.54, 1.807) is 6.21 Å². The molecule has 0 unspecified atom stereocenters. The van der Waals surface area contributed by atoms with Crippen molar-refractivity contribution in [3.63, 3.8) is 0 Å². The van der Waals surface area contributed by atoms with Crippen LogP contribution in [0, 0.1) is 0 Å². The summed E-state index contributed by atoms with van der Waals surface area (Å²) in [6.45, 7) is 0. The highest BCUT2D eigenvalue weighted by atomic mass is 16.1. The normalized spacial score (nSPS) is 14.7. The summed E-state index contributed by atoms with van der Waals surface area (Å²) in [5, 5.41) is 0. The van der Waals surface area contributed by atoms with Crippen LogP contribution in [0.25, 0.3) is 0 Å². The number of nitrogens with zero attached hydrogens (tertiary/aromatic N) is 1. The van der Waals surface area contributed by atoms with E-state index in [0.717, 1.165) is 12.8 Å². The van der Waals surface area contributed by atoms with Gasteiger partial charge in [0.05, 0.1) is 6.42 Å². The Morgan fingerprint density at radius 3 is 3.09 bits per heavy atom. The number of carbonyl (C=O) groups is 1. The molecule has 0 aromatic heterocycles. The first kappa shape index (κ1) is 7.76. The average Bonchev–Trinajstić information content (AvgIpc) is 2.03. The van der Waals surface area contributed by atoms with Crippen LogP contribution in [0.4, 0.5) is 0 Å². The Balaban J connectivity index is 2.34. The van der Waals surface area contributed by atoms with Gasteiger partial charge < -0.3 is 5.73 Å². The SMILES string of the molecule is NC(=O)CCC1=CC=[N+]=CC1. The number of hydrogen-bond acceptors (Lipinski definition) is 1. The number of carbonyl (C=O) groups excluding carboxylic acids is 1. The third-order valence-corrected chi connectivity index (χ3v) is 1.55. The summed E-state index contributed by atoms with van der Waals surface area (Å²) >= 11 is 0. The van der Waals surface area contributed by atoms with Crippen LogP contribution in [0.2, 0.25) is 0 Å². The minimum Gasteiger partial charge on any atom is -0.370 e. The molecule has 1 aliphatic rings. The van der Waals surface area contributed by atoms with Crippen molar-refractivity contribution in [1.82, 2.24) is 4.67 Å². The van der Waals surface area contributed by atoms with Crippen LogP contribution in [0.15, 0.2) is 11.6 Å². The molecule has 0 aromatic carbocycles. The molecule has 1 rings (SSSR count). The van der Waals surface area contributed by atoms with Crippen molar-refractivity contribution in [2.24, 2.45) is 5.73 Å². The molecule has 1 heterocycles. The standard InChI is InChI=1S/C8H10N2O/c9-8(11)2-1-7-3-5-10-6-4-7/h3,5-6H,1-2,4H2,(H-,9,11)/p+1. The number of hydrogen-bond donors (Lipinski definition) is 1. The minimum atomic E-state index is -0.242. The lowest BCUT2D eigenvalue weighted by Gasteiger charge is -1.97. The fourth-order valence-corrected chi connectivity index (χ4v) is 0.916. The molecule has 0 aromatic rings. The molecular weight excluding hydrogens is 140 g/mol. The van der Waals surface area contributed by atoms with Gasteiger partial charge >= 0.3 is 0 Å². The van der Waals surface area contributed by atoms with E-state index in [1.807, 2.05) is 12.3 Å². The molecule has 0 aliphatic carbocycles. The number of allylic oxidation sites excluding steroid dienone is 2. The van der Waals surface area contributed by atoms with Gasteiger partial charge in [0.1, 0.15) is 0 Å². The molecule has 0 saturated carbocycles. The summed E-state index contributed by atoms with van der Waals surface area (Å²) < 4.78 is 3.91. The van der Waals surface area contributed by atoms with E-state index in [9.17, 15) is 4.79 Å². The van der Waals surface area contributed by atoms with Crippen molar-refractivity contribution < 1.29 is 4.79 Å². The second kappa shape index (κ2) is 3.74. The van der Waals surface area contributed by atoms with Crippen LogP contribution in [0.1, 0.15) is 19.3 Å². The molecule has 11 heavy (non-hydrogen) atoms. The largest absolute Gasteiger partial charge is 0.370 e. The highest BCUT2D eigenvalue weighted by Crippen LogP contribution is 2.07. The Morgan fingerprint density at radius 2 is 2.55 bits per heavy atom. The minimum absolute atomic E-state index is 0.242. The summed E-state index contributed by atoms with van der Waals surface area (Å²) in [5.74, 6) is -0.242. The van der Waals surface area contributed by atoms with Crippen LogP contribution < -0.4 is 10.4 Å². The second-order valence-corrected chi connectivity index (χ2v) is 2.48. The number of rotatable bonds is 3. The average molecular weight is 151 g/mol. The van der Waals surface area contributed by atoms with Crippen LogP contribution in [-0.4, -0.2) is 18.3 Å². The predicted molar refractivity (Wildman–Crippen MR) is 45.4 cm³/mol. The Bertz CT molecular complexity index is 247. The van der Waals surface area contributed by atoms with Crippen molar-refractivity contribution in [3.05, 3.63) is 11.6 Å². The summed E-state index contributed by atoms with van der Waals surface area (Å²) in [4.78, 5) is 10.4. The first-order valence-corrected chi connectivity index (χ1v) is 3.60.